The first kappa shape index (κ1) is 18.2. The van der Waals surface area contributed by atoms with Crippen molar-refractivity contribution in [2.45, 2.75) is 51.2 Å². The molecule has 0 saturated carbocycles. The van der Waals surface area contributed by atoms with Crippen LogP contribution in [0.5, 0.6) is 0 Å². The van der Waals surface area contributed by atoms with Crippen molar-refractivity contribution in [3.05, 3.63) is 35.4 Å². The minimum atomic E-state index is -0.832. The predicted octanol–water partition coefficient (Wildman–Crippen LogP) is 1.86. The summed E-state index contributed by atoms with van der Waals surface area (Å²) in [6.07, 6.45) is 4.21. The number of hydrogen-bond acceptors (Lipinski definition) is 3. The van der Waals surface area contributed by atoms with E-state index >= 15 is 0 Å². The van der Waals surface area contributed by atoms with Crippen molar-refractivity contribution in [2.75, 3.05) is 32.7 Å². The van der Waals surface area contributed by atoms with Crippen LogP contribution < -0.4 is 10.6 Å². The summed E-state index contributed by atoms with van der Waals surface area (Å²) >= 11 is 0. The van der Waals surface area contributed by atoms with E-state index < -0.39 is 5.60 Å². The molecular weight excluding hydrogens is 312 g/mol. The van der Waals surface area contributed by atoms with Crippen LogP contribution in [-0.4, -0.2) is 54.7 Å². The molecule has 3 rings (SSSR count). The van der Waals surface area contributed by atoms with Crippen molar-refractivity contribution in [3.63, 3.8) is 0 Å². The van der Waals surface area contributed by atoms with Crippen LogP contribution in [0.3, 0.4) is 0 Å². The molecule has 0 aromatic heterocycles. The third kappa shape index (κ3) is 4.15. The summed E-state index contributed by atoms with van der Waals surface area (Å²) in [5, 5.41) is 17.8. The van der Waals surface area contributed by atoms with E-state index in [2.05, 4.69) is 35.4 Å². The lowest BCUT2D eigenvalue weighted by molar-refractivity contribution is 0.0485. The molecule has 1 aromatic rings. The van der Waals surface area contributed by atoms with E-state index in [0.717, 1.165) is 44.0 Å². The molecule has 2 atom stereocenters. The summed E-state index contributed by atoms with van der Waals surface area (Å²) in [5.74, 6) is 0.809. The van der Waals surface area contributed by atoms with Crippen LogP contribution in [0.4, 0.5) is 0 Å². The second-order valence-corrected chi connectivity index (χ2v) is 7.19. The van der Waals surface area contributed by atoms with E-state index in [-0.39, 0.29) is 0 Å². The minimum absolute atomic E-state index is 0.404. The standard InChI is InChI=1S/C20H32N4O/c1-3-21-19(22-14-17-9-7-13-24(17)4-2)23-15-20(25)12-11-16-8-5-6-10-18(16)20/h5-6,8,10,17,25H,3-4,7,9,11-15H2,1-2H3,(H2,21,22,23). The van der Waals surface area contributed by atoms with Crippen molar-refractivity contribution < 1.29 is 5.11 Å². The number of nitrogens with zero attached hydrogens (tertiary/aromatic N) is 2. The monoisotopic (exact) mass is 344 g/mol. The van der Waals surface area contributed by atoms with Gasteiger partial charge in [0.2, 0.25) is 0 Å². The van der Waals surface area contributed by atoms with Crippen LogP contribution >= 0.6 is 0 Å². The number of nitrogens with one attached hydrogen (secondary N) is 2. The normalized spacial score (nSPS) is 26.7. The first-order valence-electron chi connectivity index (χ1n) is 9.73. The Balaban J connectivity index is 1.62. The minimum Gasteiger partial charge on any atom is -0.383 e. The Morgan fingerprint density at radius 3 is 2.96 bits per heavy atom. The molecule has 0 amide bonds. The van der Waals surface area contributed by atoms with Crippen molar-refractivity contribution >= 4 is 5.96 Å². The van der Waals surface area contributed by atoms with Gasteiger partial charge in [-0.2, -0.15) is 0 Å². The van der Waals surface area contributed by atoms with E-state index in [1.165, 1.54) is 24.9 Å². The maximum absolute atomic E-state index is 11.0. The van der Waals surface area contributed by atoms with Gasteiger partial charge in [0.05, 0.1) is 6.54 Å². The van der Waals surface area contributed by atoms with Crippen molar-refractivity contribution in [1.82, 2.24) is 15.5 Å². The molecule has 2 aliphatic rings. The highest BCUT2D eigenvalue weighted by molar-refractivity contribution is 5.79. The van der Waals surface area contributed by atoms with Gasteiger partial charge in [0.25, 0.3) is 0 Å². The molecule has 2 unspecified atom stereocenters. The lowest BCUT2D eigenvalue weighted by atomic mass is 9.96. The lowest BCUT2D eigenvalue weighted by Crippen LogP contribution is -2.45. The van der Waals surface area contributed by atoms with Gasteiger partial charge in [-0.15, -0.1) is 0 Å². The van der Waals surface area contributed by atoms with Crippen LogP contribution in [0.2, 0.25) is 0 Å². The molecule has 0 spiro atoms. The van der Waals surface area contributed by atoms with Crippen LogP contribution in [0.25, 0.3) is 0 Å². The summed E-state index contributed by atoms with van der Waals surface area (Å²) in [6, 6.07) is 8.78. The molecule has 1 aliphatic carbocycles. The number of benzene rings is 1. The highest BCUT2D eigenvalue weighted by Crippen LogP contribution is 2.36. The maximum atomic E-state index is 11.0. The van der Waals surface area contributed by atoms with Crippen LogP contribution in [0, 0.1) is 0 Å². The summed E-state index contributed by atoms with van der Waals surface area (Å²) < 4.78 is 0. The Hall–Kier alpha value is -1.59. The van der Waals surface area contributed by atoms with Gasteiger partial charge in [-0.05, 0) is 56.8 Å². The molecule has 1 saturated heterocycles. The molecule has 1 heterocycles. The number of hydrogen-bond donors (Lipinski definition) is 3. The van der Waals surface area contributed by atoms with E-state index in [4.69, 9.17) is 4.99 Å². The summed E-state index contributed by atoms with van der Waals surface area (Å²) in [6.45, 7) is 8.75. The molecular formula is C20H32N4O. The largest absolute Gasteiger partial charge is 0.383 e. The highest BCUT2D eigenvalue weighted by Gasteiger charge is 2.36. The van der Waals surface area contributed by atoms with E-state index in [0.29, 0.717) is 12.6 Å². The fraction of sp³-hybridized carbons (Fsp3) is 0.650. The van der Waals surface area contributed by atoms with Crippen LogP contribution in [0.15, 0.2) is 29.3 Å². The van der Waals surface area contributed by atoms with Gasteiger partial charge < -0.3 is 15.7 Å². The van der Waals surface area contributed by atoms with Crippen LogP contribution in [0.1, 0.15) is 44.2 Å². The Bertz CT molecular complexity index is 603. The quantitative estimate of drug-likeness (QED) is 0.545. The number of likely N-dealkylation sites (N-methyl/N-ethyl adjacent to an activating group) is 1. The molecule has 138 valence electrons. The van der Waals surface area contributed by atoms with Crippen molar-refractivity contribution in [1.29, 1.82) is 0 Å². The van der Waals surface area contributed by atoms with E-state index in [1.54, 1.807) is 0 Å². The summed E-state index contributed by atoms with van der Waals surface area (Å²) in [7, 11) is 0. The second kappa shape index (κ2) is 8.19. The lowest BCUT2D eigenvalue weighted by Gasteiger charge is -2.25. The van der Waals surface area contributed by atoms with Crippen molar-refractivity contribution in [2.24, 2.45) is 4.99 Å². The van der Waals surface area contributed by atoms with Gasteiger partial charge in [-0.25, -0.2) is 4.99 Å². The fourth-order valence-corrected chi connectivity index (χ4v) is 4.14. The van der Waals surface area contributed by atoms with Gasteiger partial charge in [0.1, 0.15) is 5.60 Å². The van der Waals surface area contributed by atoms with Gasteiger partial charge >= 0.3 is 0 Å². The smallest absolute Gasteiger partial charge is 0.191 e. The predicted molar refractivity (Wildman–Crippen MR) is 103 cm³/mol. The molecule has 25 heavy (non-hydrogen) atoms. The number of aliphatic hydroxyl groups is 1. The van der Waals surface area contributed by atoms with Gasteiger partial charge in [0.15, 0.2) is 5.96 Å². The van der Waals surface area contributed by atoms with Crippen molar-refractivity contribution in [3.8, 4) is 0 Å². The maximum Gasteiger partial charge on any atom is 0.191 e. The average Bonchev–Trinajstić information content (AvgIpc) is 3.23. The zero-order chi connectivity index (χ0) is 17.7. The SMILES string of the molecule is CCNC(=NCC1(O)CCc2ccccc21)NCC1CCCN1CC. The van der Waals surface area contributed by atoms with E-state index in [1.807, 2.05) is 18.2 Å². The molecule has 1 aliphatic heterocycles. The number of aryl methyl sites for hydroxylation is 1. The Labute approximate surface area is 151 Å². The number of likely N-dealkylation sites (tertiary alicyclic amines) is 1. The molecule has 0 bridgehead atoms. The fourth-order valence-electron chi connectivity index (χ4n) is 4.14. The number of guanidine groups is 1. The molecule has 0 radical (unpaired) electrons. The molecule has 5 heteroatoms. The van der Waals surface area contributed by atoms with Crippen LogP contribution in [-0.2, 0) is 12.0 Å². The summed E-state index contributed by atoms with van der Waals surface area (Å²) in [5.41, 5.74) is 1.46. The first-order chi connectivity index (χ1) is 12.2. The van der Waals surface area contributed by atoms with Gasteiger partial charge in [0, 0.05) is 19.1 Å². The molecule has 1 aromatic carbocycles. The Kier molecular flexibility index (Phi) is 5.97. The highest BCUT2D eigenvalue weighted by atomic mass is 16.3. The molecule has 5 nitrogen and oxygen atoms in total. The van der Waals surface area contributed by atoms with E-state index in [9.17, 15) is 5.11 Å². The zero-order valence-electron chi connectivity index (χ0n) is 15.6. The molecule has 3 N–H and O–H groups in total. The number of rotatable bonds is 6. The van der Waals surface area contributed by atoms with Gasteiger partial charge in [-0.3, -0.25) is 4.90 Å². The summed E-state index contributed by atoms with van der Waals surface area (Å²) in [4.78, 5) is 7.23. The Morgan fingerprint density at radius 2 is 2.16 bits per heavy atom. The number of fused-ring (bicyclic) bond motifs is 1. The number of aliphatic imine (C=N–C) groups is 1. The average molecular weight is 345 g/mol. The Morgan fingerprint density at radius 1 is 1.32 bits per heavy atom. The zero-order valence-corrected chi connectivity index (χ0v) is 15.6. The van der Waals surface area contributed by atoms with Gasteiger partial charge in [-0.1, -0.05) is 31.2 Å². The second-order valence-electron chi connectivity index (χ2n) is 7.19. The third-order valence-electron chi connectivity index (χ3n) is 5.58. The topological polar surface area (TPSA) is 59.9 Å². The first-order valence-corrected chi connectivity index (χ1v) is 9.73. The third-order valence-corrected chi connectivity index (χ3v) is 5.58. The molecule has 1 fully saturated rings.